The second kappa shape index (κ2) is 8.28. The highest BCUT2D eigenvalue weighted by Crippen LogP contribution is 2.23. The SMILES string of the molecule is O=CC(Oc1cccnc1)N1CCN(S(=O)(=O)c2ccc3ccccc3c2)CC1. The smallest absolute Gasteiger partial charge is 0.243 e. The number of aldehydes is 1. The number of fused-ring (bicyclic) bond motifs is 1. The highest BCUT2D eigenvalue weighted by molar-refractivity contribution is 7.89. The molecule has 0 aliphatic carbocycles. The molecular weight excluding hydrogens is 390 g/mol. The van der Waals surface area contributed by atoms with E-state index in [2.05, 4.69) is 4.98 Å². The van der Waals surface area contributed by atoms with E-state index >= 15 is 0 Å². The third-order valence-electron chi connectivity index (χ3n) is 5.00. The summed E-state index contributed by atoms with van der Waals surface area (Å²) in [5, 5.41) is 1.88. The molecular formula is C21H21N3O4S. The number of nitrogens with zero attached hydrogens (tertiary/aromatic N) is 3. The first-order valence-corrected chi connectivity index (χ1v) is 10.8. The minimum Gasteiger partial charge on any atom is -0.466 e. The van der Waals surface area contributed by atoms with Gasteiger partial charge in [0, 0.05) is 32.4 Å². The Kier molecular flexibility index (Phi) is 5.57. The Morgan fingerprint density at radius 3 is 2.41 bits per heavy atom. The number of hydrogen-bond donors (Lipinski definition) is 0. The van der Waals surface area contributed by atoms with E-state index in [0.29, 0.717) is 18.8 Å². The largest absolute Gasteiger partial charge is 0.466 e. The van der Waals surface area contributed by atoms with Crippen molar-refractivity contribution in [2.45, 2.75) is 11.1 Å². The summed E-state index contributed by atoms with van der Waals surface area (Å²) < 4.78 is 33.3. The van der Waals surface area contributed by atoms with Crippen LogP contribution in [0, 0.1) is 0 Å². The van der Waals surface area contributed by atoms with Gasteiger partial charge < -0.3 is 4.74 Å². The third-order valence-corrected chi connectivity index (χ3v) is 6.89. The van der Waals surface area contributed by atoms with Gasteiger partial charge in [0.05, 0.1) is 11.1 Å². The van der Waals surface area contributed by atoms with E-state index in [-0.39, 0.29) is 18.0 Å². The van der Waals surface area contributed by atoms with E-state index in [1.165, 1.54) is 10.5 Å². The van der Waals surface area contributed by atoms with E-state index < -0.39 is 16.3 Å². The molecule has 1 atom stereocenters. The van der Waals surface area contributed by atoms with Gasteiger partial charge in [0.15, 0.2) is 6.29 Å². The molecule has 2 heterocycles. The second-order valence-corrected chi connectivity index (χ2v) is 8.72. The number of carbonyl (C=O) groups is 1. The number of piperazine rings is 1. The maximum absolute atomic E-state index is 13.1. The van der Waals surface area contributed by atoms with Crippen LogP contribution in [0.4, 0.5) is 0 Å². The van der Waals surface area contributed by atoms with Crippen LogP contribution in [0.1, 0.15) is 0 Å². The standard InChI is InChI=1S/C21H21N3O4S/c25-16-21(28-19-6-3-9-22-15-19)23-10-12-24(13-11-23)29(26,27)20-8-7-17-4-1-2-5-18(17)14-20/h1-9,14-16,21H,10-13H2. The molecule has 1 aliphatic rings. The lowest BCUT2D eigenvalue weighted by Gasteiger charge is -2.36. The predicted molar refractivity (Wildman–Crippen MR) is 109 cm³/mol. The number of aromatic nitrogens is 1. The Balaban J connectivity index is 1.45. The zero-order chi connectivity index (χ0) is 20.3. The van der Waals surface area contributed by atoms with Crippen LogP contribution in [-0.2, 0) is 14.8 Å². The molecule has 0 bridgehead atoms. The van der Waals surface area contributed by atoms with Crippen molar-refractivity contribution < 1.29 is 17.9 Å². The van der Waals surface area contributed by atoms with Crippen molar-refractivity contribution in [3.63, 3.8) is 0 Å². The fraction of sp³-hybridized carbons (Fsp3) is 0.238. The summed E-state index contributed by atoms with van der Waals surface area (Å²) in [6, 6.07) is 16.3. The van der Waals surface area contributed by atoms with Crippen molar-refractivity contribution in [3.05, 3.63) is 67.0 Å². The average Bonchev–Trinajstić information content (AvgIpc) is 2.78. The maximum Gasteiger partial charge on any atom is 0.243 e. The van der Waals surface area contributed by atoms with Gasteiger partial charge in [-0.3, -0.25) is 14.7 Å². The highest BCUT2D eigenvalue weighted by Gasteiger charge is 2.31. The molecule has 1 aliphatic heterocycles. The number of pyridine rings is 1. The van der Waals surface area contributed by atoms with Crippen molar-refractivity contribution in [2.24, 2.45) is 0 Å². The average molecular weight is 411 g/mol. The van der Waals surface area contributed by atoms with Gasteiger partial charge in [0.2, 0.25) is 16.3 Å². The van der Waals surface area contributed by atoms with Crippen LogP contribution >= 0.6 is 0 Å². The minimum absolute atomic E-state index is 0.281. The molecule has 150 valence electrons. The van der Waals surface area contributed by atoms with Gasteiger partial charge in [-0.05, 0) is 35.0 Å². The van der Waals surface area contributed by atoms with E-state index in [1.54, 1.807) is 30.5 Å². The molecule has 1 aromatic heterocycles. The van der Waals surface area contributed by atoms with Crippen molar-refractivity contribution >= 4 is 27.1 Å². The molecule has 0 N–H and O–H groups in total. The van der Waals surface area contributed by atoms with Crippen molar-refractivity contribution in [1.29, 1.82) is 0 Å². The monoisotopic (exact) mass is 411 g/mol. The van der Waals surface area contributed by atoms with E-state index in [1.807, 2.05) is 35.2 Å². The molecule has 1 unspecified atom stereocenters. The van der Waals surface area contributed by atoms with Crippen LogP contribution in [0.15, 0.2) is 71.9 Å². The molecule has 2 aromatic carbocycles. The number of sulfonamides is 1. The topological polar surface area (TPSA) is 79.8 Å². The lowest BCUT2D eigenvalue weighted by Crippen LogP contribution is -2.53. The van der Waals surface area contributed by atoms with E-state index in [9.17, 15) is 13.2 Å². The van der Waals surface area contributed by atoms with Crippen LogP contribution in [0.3, 0.4) is 0 Å². The van der Waals surface area contributed by atoms with Crippen LogP contribution < -0.4 is 4.74 Å². The van der Waals surface area contributed by atoms with Crippen LogP contribution in [0.25, 0.3) is 10.8 Å². The predicted octanol–water partition coefficient (Wildman–Crippen LogP) is 2.15. The fourth-order valence-corrected chi connectivity index (χ4v) is 4.88. The summed E-state index contributed by atoms with van der Waals surface area (Å²) in [6.45, 7) is 1.37. The van der Waals surface area contributed by atoms with Gasteiger partial charge in [-0.1, -0.05) is 30.3 Å². The second-order valence-electron chi connectivity index (χ2n) is 6.78. The van der Waals surface area contributed by atoms with Crippen LogP contribution in [0.5, 0.6) is 5.75 Å². The number of carbonyl (C=O) groups excluding carboxylic acids is 1. The molecule has 4 rings (SSSR count). The summed E-state index contributed by atoms with van der Waals surface area (Å²) in [4.78, 5) is 17.6. The molecule has 0 amide bonds. The first kappa shape index (κ1) is 19.5. The molecule has 1 saturated heterocycles. The Bertz CT molecular complexity index is 1100. The summed E-state index contributed by atoms with van der Waals surface area (Å²) in [5.41, 5.74) is 0. The van der Waals surface area contributed by atoms with E-state index in [4.69, 9.17) is 4.74 Å². The van der Waals surface area contributed by atoms with Crippen LogP contribution in [-0.4, -0.2) is 61.3 Å². The lowest BCUT2D eigenvalue weighted by molar-refractivity contribution is -0.122. The summed E-state index contributed by atoms with van der Waals surface area (Å²) in [7, 11) is -3.60. The first-order chi connectivity index (χ1) is 14.1. The number of benzene rings is 2. The molecule has 8 heteroatoms. The van der Waals surface area contributed by atoms with Gasteiger partial charge in [-0.25, -0.2) is 8.42 Å². The van der Waals surface area contributed by atoms with Crippen molar-refractivity contribution in [3.8, 4) is 5.75 Å². The molecule has 3 aromatic rings. The van der Waals surface area contributed by atoms with Gasteiger partial charge >= 0.3 is 0 Å². The lowest BCUT2D eigenvalue weighted by atomic mass is 10.1. The molecule has 0 radical (unpaired) electrons. The Morgan fingerprint density at radius 2 is 1.72 bits per heavy atom. The summed E-state index contributed by atoms with van der Waals surface area (Å²) in [6.07, 6.45) is 3.11. The normalized spacial score (nSPS) is 17.1. The van der Waals surface area contributed by atoms with Crippen LogP contribution in [0.2, 0.25) is 0 Å². The zero-order valence-electron chi connectivity index (χ0n) is 15.7. The van der Waals surface area contributed by atoms with Gasteiger partial charge in [-0.15, -0.1) is 0 Å². The Morgan fingerprint density at radius 1 is 0.966 bits per heavy atom. The summed E-state index contributed by atoms with van der Waals surface area (Å²) in [5.74, 6) is 0.496. The number of rotatable bonds is 6. The fourth-order valence-electron chi connectivity index (χ4n) is 3.42. The van der Waals surface area contributed by atoms with Gasteiger partial charge in [0.1, 0.15) is 5.75 Å². The molecule has 7 nitrogen and oxygen atoms in total. The Hall–Kier alpha value is -2.81. The Labute approximate surface area is 169 Å². The number of ether oxygens (including phenoxy) is 1. The minimum atomic E-state index is -3.60. The van der Waals surface area contributed by atoms with Crippen molar-refractivity contribution in [2.75, 3.05) is 26.2 Å². The first-order valence-electron chi connectivity index (χ1n) is 9.33. The maximum atomic E-state index is 13.1. The molecule has 0 spiro atoms. The summed E-state index contributed by atoms with van der Waals surface area (Å²) >= 11 is 0. The van der Waals surface area contributed by atoms with Gasteiger partial charge in [0.25, 0.3) is 0 Å². The number of hydrogen-bond acceptors (Lipinski definition) is 6. The van der Waals surface area contributed by atoms with Crippen molar-refractivity contribution in [1.82, 2.24) is 14.2 Å². The quantitative estimate of drug-likeness (QED) is 0.578. The molecule has 29 heavy (non-hydrogen) atoms. The highest BCUT2D eigenvalue weighted by atomic mass is 32.2. The molecule has 0 saturated carbocycles. The third kappa shape index (κ3) is 4.14. The van der Waals surface area contributed by atoms with E-state index in [0.717, 1.165) is 17.1 Å². The molecule has 1 fully saturated rings. The van der Waals surface area contributed by atoms with Gasteiger partial charge in [-0.2, -0.15) is 4.31 Å². The zero-order valence-corrected chi connectivity index (χ0v) is 16.5.